The lowest BCUT2D eigenvalue weighted by Gasteiger charge is -2.33. The van der Waals surface area contributed by atoms with Crippen LogP contribution in [0.1, 0.15) is 46.5 Å². The van der Waals surface area contributed by atoms with Crippen LogP contribution in [-0.2, 0) is 4.43 Å². The summed E-state index contributed by atoms with van der Waals surface area (Å²) in [6.45, 7) is 14.1. The van der Waals surface area contributed by atoms with Crippen LogP contribution in [0.2, 0.25) is 19.1 Å². The summed E-state index contributed by atoms with van der Waals surface area (Å²) >= 11 is 0. The maximum absolute atomic E-state index is 5.68. The summed E-state index contributed by atoms with van der Waals surface area (Å²) in [4.78, 5) is 2.67. The minimum absolute atomic E-state index is 0.676. The van der Waals surface area contributed by atoms with Crippen LogP contribution in [0.4, 0.5) is 0 Å². The topological polar surface area (TPSA) is 12.5 Å². The average Bonchev–Trinajstić information content (AvgIpc) is 2.28. The van der Waals surface area contributed by atoms with Crippen molar-refractivity contribution >= 4 is 8.32 Å². The molecule has 0 rings (SSSR count). The van der Waals surface area contributed by atoms with Crippen molar-refractivity contribution in [3.63, 3.8) is 0 Å². The van der Waals surface area contributed by atoms with E-state index < -0.39 is 8.32 Å². The number of hydrogen-bond donors (Lipinski definition) is 0. The summed E-state index contributed by atoms with van der Waals surface area (Å²) in [6.07, 6.45) is 5.23. The Balaban J connectivity index is 4.24. The van der Waals surface area contributed by atoms with E-state index in [1.54, 1.807) is 0 Å². The molecule has 0 aromatic carbocycles. The van der Waals surface area contributed by atoms with Gasteiger partial charge in [-0.2, -0.15) is 0 Å². The molecule has 0 saturated heterocycles. The van der Waals surface area contributed by atoms with Crippen LogP contribution in [0.3, 0.4) is 0 Å². The molecule has 0 aromatic rings. The van der Waals surface area contributed by atoms with Crippen molar-refractivity contribution in [2.24, 2.45) is 0 Å². The number of rotatable bonds is 10. The van der Waals surface area contributed by atoms with Gasteiger partial charge in [0.1, 0.15) is 0 Å². The molecule has 3 heteroatoms. The fourth-order valence-corrected chi connectivity index (χ4v) is 4.05. The molecule has 17 heavy (non-hydrogen) atoms. The zero-order chi connectivity index (χ0) is 13.3. The van der Waals surface area contributed by atoms with E-state index in [1.807, 2.05) is 7.11 Å². The zero-order valence-electron chi connectivity index (χ0n) is 12.9. The average molecular weight is 260 g/mol. The van der Waals surface area contributed by atoms with Gasteiger partial charge in [0.2, 0.25) is 0 Å². The fourth-order valence-electron chi connectivity index (χ4n) is 2.20. The number of unbranched alkanes of at least 4 members (excludes halogenated alkanes) is 2. The van der Waals surface area contributed by atoms with Crippen molar-refractivity contribution in [2.45, 2.75) is 71.6 Å². The molecule has 1 unspecified atom stereocenters. The molecule has 0 fully saturated rings. The van der Waals surface area contributed by atoms with E-state index in [0.29, 0.717) is 6.04 Å². The van der Waals surface area contributed by atoms with Gasteiger partial charge in [0.05, 0.1) is 0 Å². The first-order chi connectivity index (χ1) is 7.96. The molecule has 0 amide bonds. The molecule has 0 spiro atoms. The lowest BCUT2D eigenvalue weighted by Crippen LogP contribution is -2.42. The van der Waals surface area contributed by atoms with Gasteiger partial charge in [-0.25, -0.2) is 0 Å². The molecule has 0 radical (unpaired) electrons. The van der Waals surface area contributed by atoms with E-state index in [-0.39, 0.29) is 0 Å². The maximum atomic E-state index is 5.68. The molecule has 0 aliphatic rings. The van der Waals surface area contributed by atoms with Crippen molar-refractivity contribution in [1.29, 1.82) is 0 Å². The molecule has 0 saturated carbocycles. The second-order valence-electron chi connectivity index (χ2n) is 5.76. The highest BCUT2D eigenvalue weighted by Gasteiger charge is 2.26. The van der Waals surface area contributed by atoms with Gasteiger partial charge in [0.15, 0.2) is 8.32 Å². The molecular weight excluding hydrogens is 226 g/mol. The third-order valence-corrected chi connectivity index (χ3v) is 6.24. The van der Waals surface area contributed by atoms with Crippen molar-refractivity contribution < 1.29 is 4.43 Å². The summed E-state index contributed by atoms with van der Waals surface area (Å²) in [5.41, 5.74) is 0. The van der Waals surface area contributed by atoms with Gasteiger partial charge >= 0.3 is 0 Å². The van der Waals surface area contributed by atoms with Crippen LogP contribution in [0.5, 0.6) is 0 Å². The van der Waals surface area contributed by atoms with Crippen LogP contribution in [-0.4, -0.2) is 39.5 Å². The first kappa shape index (κ1) is 17.1. The van der Waals surface area contributed by atoms with E-state index >= 15 is 0 Å². The van der Waals surface area contributed by atoms with Gasteiger partial charge in [-0.1, -0.05) is 26.7 Å². The predicted octanol–water partition coefficient (Wildman–Crippen LogP) is 4.13. The minimum Gasteiger partial charge on any atom is -0.420 e. The van der Waals surface area contributed by atoms with E-state index in [0.717, 1.165) is 0 Å². The molecule has 0 aromatic heterocycles. The Labute approximate surface area is 110 Å². The molecule has 104 valence electrons. The first-order valence-corrected chi connectivity index (χ1v) is 10.4. The van der Waals surface area contributed by atoms with Gasteiger partial charge in [-0.15, -0.1) is 0 Å². The third-order valence-electron chi connectivity index (χ3n) is 3.56. The van der Waals surface area contributed by atoms with E-state index in [2.05, 4.69) is 38.8 Å². The highest BCUT2D eigenvalue weighted by atomic mass is 28.4. The molecular formula is C14H33NOSi. The van der Waals surface area contributed by atoms with Crippen LogP contribution in [0.15, 0.2) is 0 Å². The Morgan fingerprint density at radius 2 is 1.53 bits per heavy atom. The van der Waals surface area contributed by atoms with E-state index in [1.165, 1.54) is 44.8 Å². The molecule has 0 heterocycles. The van der Waals surface area contributed by atoms with Crippen molar-refractivity contribution in [2.75, 3.05) is 20.2 Å². The lowest BCUT2D eigenvalue weighted by atomic mass is 10.2. The monoisotopic (exact) mass is 259 g/mol. The summed E-state index contributed by atoms with van der Waals surface area (Å²) in [5.74, 6) is 0. The van der Waals surface area contributed by atoms with Crippen molar-refractivity contribution in [1.82, 2.24) is 4.90 Å². The summed E-state index contributed by atoms with van der Waals surface area (Å²) in [5, 5.41) is 0. The van der Waals surface area contributed by atoms with Crippen LogP contribution < -0.4 is 0 Å². The second kappa shape index (κ2) is 9.12. The Morgan fingerprint density at radius 3 is 1.88 bits per heavy atom. The smallest absolute Gasteiger partial charge is 0.187 e. The zero-order valence-corrected chi connectivity index (χ0v) is 13.9. The third kappa shape index (κ3) is 7.95. The van der Waals surface area contributed by atoms with Gasteiger partial charge in [0, 0.05) is 13.2 Å². The first-order valence-electron chi connectivity index (χ1n) is 7.26. The molecule has 0 aliphatic carbocycles. The fraction of sp³-hybridized carbons (Fsp3) is 1.00. The number of hydrogen-bond acceptors (Lipinski definition) is 2. The van der Waals surface area contributed by atoms with Gasteiger partial charge in [-0.05, 0) is 52.0 Å². The Bertz CT molecular complexity index is 177. The molecule has 1 atom stereocenters. The maximum Gasteiger partial charge on any atom is 0.187 e. The van der Waals surface area contributed by atoms with Crippen LogP contribution in [0.25, 0.3) is 0 Å². The molecule has 0 aliphatic heterocycles. The standard InChI is InChI=1S/C14H33NOSi/c1-7-9-11-15(12-10-8-2)14(3)13-17(5,6)16-4/h14H,7-13H2,1-6H3. The Kier molecular flexibility index (Phi) is 9.19. The predicted molar refractivity (Wildman–Crippen MR) is 80.1 cm³/mol. The normalized spacial score (nSPS) is 14.3. The van der Waals surface area contributed by atoms with Crippen molar-refractivity contribution in [3.05, 3.63) is 0 Å². The van der Waals surface area contributed by atoms with Crippen LogP contribution in [0, 0.1) is 0 Å². The second-order valence-corrected chi connectivity index (χ2v) is 10.1. The lowest BCUT2D eigenvalue weighted by molar-refractivity contribution is 0.209. The van der Waals surface area contributed by atoms with Gasteiger partial charge < -0.3 is 9.33 Å². The molecule has 2 nitrogen and oxygen atoms in total. The van der Waals surface area contributed by atoms with Gasteiger partial charge in [0.25, 0.3) is 0 Å². The van der Waals surface area contributed by atoms with Crippen LogP contribution >= 0.6 is 0 Å². The summed E-state index contributed by atoms with van der Waals surface area (Å²) in [7, 11) is 0.453. The Morgan fingerprint density at radius 1 is 1.06 bits per heavy atom. The summed E-state index contributed by atoms with van der Waals surface area (Å²) in [6, 6.07) is 1.92. The largest absolute Gasteiger partial charge is 0.420 e. The van der Waals surface area contributed by atoms with E-state index in [9.17, 15) is 0 Å². The van der Waals surface area contributed by atoms with Gasteiger partial charge in [-0.3, -0.25) is 0 Å². The Hall–Kier alpha value is 0.137. The van der Waals surface area contributed by atoms with E-state index in [4.69, 9.17) is 4.43 Å². The highest BCUT2D eigenvalue weighted by Crippen LogP contribution is 2.18. The molecule has 0 bridgehead atoms. The molecule has 0 N–H and O–H groups in total. The van der Waals surface area contributed by atoms with Crippen molar-refractivity contribution in [3.8, 4) is 0 Å². The highest BCUT2D eigenvalue weighted by molar-refractivity contribution is 6.71. The SMILES string of the molecule is CCCCN(CCCC)C(C)C[Si](C)(C)OC. The quantitative estimate of drug-likeness (QED) is 0.547. The minimum atomic E-state index is -1.42. The summed E-state index contributed by atoms with van der Waals surface area (Å²) < 4.78 is 5.68. The number of nitrogens with zero attached hydrogens (tertiary/aromatic N) is 1.